The van der Waals surface area contributed by atoms with Gasteiger partial charge in [-0.15, -0.1) is 0 Å². The van der Waals surface area contributed by atoms with Gasteiger partial charge in [-0.1, -0.05) is 36.9 Å². The second-order valence-electron chi connectivity index (χ2n) is 5.38. The number of allylic oxidation sites excluding steroid dienone is 5. The lowest BCUT2D eigenvalue weighted by Crippen LogP contribution is -2.22. The molecule has 24 heavy (non-hydrogen) atoms. The molecule has 1 aromatic carbocycles. The summed E-state index contributed by atoms with van der Waals surface area (Å²) in [5.74, 6) is 0.804. The van der Waals surface area contributed by atoms with Crippen LogP contribution in [0.3, 0.4) is 0 Å². The second kappa shape index (κ2) is 7.51. The Hall–Kier alpha value is -2.31. The highest BCUT2D eigenvalue weighted by Gasteiger charge is 2.25. The Balaban J connectivity index is 2.17. The molecule has 1 aliphatic heterocycles. The normalized spacial score (nSPS) is 14.4. The van der Waals surface area contributed by atoms with E-state index in [1.807, 2.05) is 49.4 Å². The first kappa shape index (κ1) is 18.0. The molecule has 5 nitrogen and oxygen atoms in total. The predicted molar refractivity (Wildman–Crippen MR) is 97.6 cm³/mol. The van der Waals surface area contributed by atoms with Crippen LogP contribution < -0.4 is 9.64 Å². The molecule has 0 bridgehead atoms. The van der Waals surface area contributed by atoms with Gasteiger partial charge in [-0.05, 0) is 43.2 Å². The summed E-state index contributed by atoms with van der Waals surface area (Å²) < 4.78 is 36.2. The first-order chi connectivity index (χ1) is 11.3. The molecule has 0 radical (unpaired) electrons. The molecule has 6 heteroatoms. The van der Waals surface area contributed by atoms with Gasteiger partial charge in [0, 0.05) is 6.54 Å². The number of benzene rings is 1. The SMILES string of the molecule is C=C(/C=C\C=C/C)c1ccc2c(c1)N(CCCS(=O)(=O)O)C(=C)O2. The summed E-state index contributed by atoms with van der Waals surface area (Å²) in [6.07, 6.45) is 7.95. The highest BCUT2D eigenvalue weighted by molar-refractivity contribution is 7.85. The van der Waals surface area contributed by atoms with E-state index in [1.165, 1.54) is 0 Å². The van der Waals surface area contributed by atoms with E-state index in [0.717, 1.165) is 16.8 Å². The van der Waals surface area contributed by atoms with Crippen LogP contribution in [0.15, 0.2) is 61.5 Å². The molecule has 128 valence electrons. The second-order valence-corrected chi connectivity index (χ2v) is 6.95. The maximum Gasteiger partial charge on any atom is 0.264 e. The minimum atomic E-state index is -3.97. The molecule has 2 rings (SSSR count). The molecule has 0 amide bonds. The van der Waals surface area contributed by atoms with Gasteiger partial charge in [0.2, 0.25) is 0 Å². The Bertz CT molecular complexity index is 806. The molecule has 0 spiro atoms. The topological polar surface area (TPSA) is 66.8 Å². The lowest BCUT2D eigenvalue weighted by atomic mass is 10.1. The van der Waals surface area contributed by atoms with E-state index in [1.54, 1.807) is 4.90 Å². The van der Waals surface area contributed by atoms with Crippen molar-refractivity contribution in [3.63, 3.8) is 0 Å². The smallest absolute Gasteiger partial charge is 0.264 e. The van der Waals surface area contributed by atoms with Gasteiger partial charge in [-0.2, -0.15) is 8.42 Å². The zero-order chi connectivity index (χ0) is 17.7. The van der Waals surface area contributed by atoms with E-state index in [-0.39, 0.29) is 12.2 Å². The van der Waals surface area contributed by atoms with Gasteiger partial charge >= 0.3 is 0 Å². The van der Waals surface area contributed by atoms with Crippen molar-refractivity contribution in [3.05, 3.63) is 67.1 Å². The molecular weight excluding hydrogens is 326 g/mol. The summed E-state index contributed by atoms with van der Waals surface area (Å²) in [5.41, 5.74) is 2.60. The number of hydrogen-bond acceptors (Lipinski definition) is 4. The third-order valence-corrected chi connectivity index (χ3v) is 4.34. The van der Waals surface area contributed by atoms with Gasteiger partial charge in [-0.25, -0.2) is 0 Å². The minimum Gasteiger partial charge on any atom is -0.439 e. The lowest BCUT2D eigenvalue weighted by molar-refractivity contribution is 0.439. The van der Waals surface area contributed by atoms with Crippen molar-refractivity contribution in [1.82, 2.24) is 0 Å². The van der Waals surface area contributed by atoms with Crippen LogP contribution >= 0.6 is 0 Å². The van der Waals surface area contributed by atoms with Crippen LogP contribution in [0, 0.1) is 0 Å². The maximum atomic E-state index is 10.9. The maximum absolute atomic E-state index is 10.9. The molecule has 0 saturated carbocycles. The number of ether oxygens (including phenoxy) is 1. The summed E-state index contributed by atoms with van der Waals surface area (Å²) in [6, 6.07) is 5.69. The molecule has 0 unspecified atom stereocenters. The van der Waals surface area contributed by atoms with Gasteiger partial charge in [0.25, 0.3) is 10.1 Å². The number of rotatable bonds is 7. The first-order valence-corrected chi connectivity index (χ1v) is 9.15. The predicted octanol–water partition coefficient (Wildman–Crippen LogP) is 3.78. The zero-order valence-electron chi connectivity index (χ0n) is 13.6. The Morgan fingerprint density at radius 3 is 2.79 bits per heavy atom. The van der Waals surface area contributed by atoms with Gasteiger partial charge < -0.3 is 9.64 Å². The van der Waals surface area contributed by atoms with Crippen molar-refractivity contribution in [3.8, 4) is 5.75 Å². The van der Waals surface area contributed by atoms with Crippen LogP contribution in [-0.2, 0) is 10.1 Å². The average Bonchev–Trinajstić information content (AvgIpc) is 2.81. The molecule has 0 aliphatic carbocycles. The highest BCUT2D eigenvalue weighted by Crippen LogP contribution is 2.40. The van der Waals surface area contributed by atoms with Crippen molar-refractivity contribution in [2.75, 3.05) is 17.2 Å². The Morgan fingerprint density at radius 2 is 2.12 bits per heavy atom. The third kappa shape index (κ3) is 4.59. The molecule has 0 saturated heterocycles. The summed E-state index contributed by atoms with van der Waals surface area (Å²) in [5, 5.41) is 0. The lowest BCUT2D eigenvalue weighted by Gasteiger charge is -2.17. The van der Waals surface area contributed by atoms with Crippen molar-refractivity contribution >= 4 is 21.4 Å². The van der Waals surface area contributed by atoms with Gasteiger partial charge in [-0.3, -0.25) is 4.55 Å². The molecule has 1 N–H and O–H groups in total. The summed E-state index contributed by atoms with van der Waals surface area (Å²) in [6.45, 7) is 10.2. The van der Waals surface area contributed by atoms with Crippen LogP contribution in [0.25, 0.3) is 5.57 Å². The monoisotopic (exact) mass is 347 g/mol. The molecule has 0 fully saturated rings. The van der Waals surface area contributed by atoms with Crippen LogP contribution in [0.1, 0.15) is 18.9 Å². The molecular formula is C18H21NO4S. The van der Waals surface area contributed by atoms with Gasteiger partial charge in [0.15, 0.2) is 11.6 Å². The number of nitrogens with zero attached hydrogens (tertiary/aromatic N) is 1. The van der Waals surface area contributed by atoms with Gasteiger partial charge in [0.1, 0.15) is 0 Å². The van der Waals surface area contributed by atoms with E-state index in [4.69, 9.17) is 9.29 Å². The van der Waals surface area contributed by atoms with Crippen LogP contribution in [0.2, 0.25) is 0 Å². The number of anilines is 1. The highest BCUT2D eigenvalue weighted by atomic mass is 32.2. The van der Waals surface area contributed by atoms with Crippen molar-refractivity contribution in [2.45, 2.75) is 13.3 Å². The minimum absolute atomic E-state index is 0.271. The molecule has 1 heterocycles. The molecule has 0 atom stereocenters. The van der Waals surface area contributed by atoms with E-state index in [2.05, 4.69) is 13.2 Å². The largest absolute Gasteiger partial charge is 0.439 e. The number of hydrogen-bond donors (Lipinski definition) is 1. The van der Waals surface area contributed by atoms with Crippen LogP contribution in [0.5, 0.6) is 5.75 Å². The Morgan fingerprint density at radius 1 is 1.38 bits per heavy atom. The average molecular weight is 347 g/mol. The van der Waals surface area contributed by atoms with Crippen molar-refractivity contribution in [2.24, 2.45) is 0 Å². The Labute approximate surface area is 143 Å². The quantitative estimate of drug-likeness (QED) is 0.600. The summed E-state index contributed by atoms with van der Waals surface area (Å²) >= 11 is 0. The summed E-state index contributed by atoms with van der Waals surface area (Å²) in [7, 11) is -3.97. The zero-order valence-corrected chi connectivity index (χ0v) is 14.4. The van der Waals surface area contributed by atoms with E-state index >= 15 is 0 Å². The van der Waals surface area contributed by atoms with Crippen molar-refractivity contribution in [1.29, 1.82) is 0 Å². The van der Waals surface area contributed by atoms with E-state index in [9.17, 15) is 8.42 Å². The van der Waals surface area contributed by atoms with E-state index < -0.39 is 10.1 Å². The Kier molecular flexibility index (Phi) is 5.64. The molecule has 0 aromatic heterocycles. The molecule has 1 aromatic rings. The fourth-order valence-electron chi connectivity index (χ4n) is 2.36. The standard InChI is InChI=1S/C18H21NO4S/c1-4-5-6-8-14(2)16-9-10-18-17(13-16)19(15(3)23-18)11-7-12-24(20,21)22/h4-6,8-10,13H,2-3,7,11-12H2,1H3,(H,20,21,22)/b5-4-,8-6-. The van der Waals surface area contributed by atoms with Crippen molar-refractivity contribution < 1.29 is 17.7 Å². The summed E-state index contributed by atoms with van der Waals surface area (Å²) in [4.78, 5) is 1.80. The number of fused-ring (bicyclic) bond motifs is 1. The van der Waals surface area contributed by atoms with E-state index in [0.29, 0.717) is 18.2 Å². The fraction of sp³-hybridized carbons (Fsp3) is 0.222. The fourth-order valence-corrected chi connectivity index (χ4v) is 2.85. The first-order valence-electron chi connectivity index (χ1n) is 7.54. The van der Waals surface area contributed by atoms with Gasteiger partial charge in [0.05, 0.1) is 11.4 Å². The third-order valence-electron chi connectivity index (χ3n) is 3.53. The molecule has 1 aliphatic rings. The van der Waals surface area contributed by atoms with Crippen LogP contribution in [-0.4, -0.2) is 25.3 Å². The van der Waals surface area contributed by atoms with Crippen LogP contribution in [0.4, 0.5) is 5.69 Å².